The Morgan fingerprint density at radius 1 is 1.14 bits per heavy atom. The van der Waals surface area contributed by atoms with Crippen LogP contribution in [0, 0.1) is 0 Å². The number of para-hydroxylation sites is 1. The number of aromatic nitrogens is 3. The summed E-state index contributed by atoms with van der Waals surface area (Å²) in [7, 11) is 0. The summed E-state index contributed by atoms with van der Waals surface area (Å²) in [5, 5.41) is 10.3. The van der Waals surface area contributed by atoms with Crippen molar-refractivity contribution in [3.05, 3.63) is 66.6 Å². The Bertz CT molecular complexity index is 969. The molecule has 7 heteroatoms. The first-order chi connectivity index (χ1) is 13.7. The molecule has 0 spiro atoms. The smallest absolute Gasteiger partial charge is 0.255 e. The van der Waals surface area contributed by atoms with Crippen LogP contribution in [0.15, 0.2) is 61.1 Å². The molecule has 0 bridgehead atoms. The van der Waals surface area contributed by atoms with Gasteiger partial charge in [-0.15, -0.1) is 0 Å². The fourth-order valence-corrected chi connectivity index (χ4v) is 3.28. The highest BCUT2D eigenvalue weighted by molar-refractivity contribution is 6.02. The van der Waals surface area contributed by atoms with Crippen LogP contribution in [0.3, 0.4) is 0 Å². The first kappa shape index (κ1) is 17.9. The molecule has 4 rings (SSSR count). The van der Waals surface area contributed by atoms with Crippen molar-refractivity contribution < 1.29 is 9.59 Å². The van der Waals surface area contributed by atoms with Gasteiger partial charge in [0.25, 0.3) is 5.91 Å². The van der Waals surface area contributed by atoms with E-state index in [1.807, 2.05) is 36.4 Å². The van der Waals surface area contributed by atoms with Crippen molar-refractivity contribution in [3.8, 4) is 16.9 Å². The molecule has 2 N–H and O–H groups in total. The SMILES string of the molecule is O=C(N[C@H]1CCCCNC1=O)c1cn(-c2ccccc2)nc1-c1cccnc1. The maximum absolute atomic E-state index is 13.0. The number of benzene rings is 1. The third-order valence-corrected chi connectivity index (χ3v) is 4.76. The van der Waals surface area contributed by atoms with Gasteiger partial charge in [-0.25, -0.2) is 4.68 Å². The third kappa shape index (κ3) is 3.78. The number of nitrogens with zero attached hydrogens (tertiary/aromatic N) is 3. The second-order valence-corrected chi connectivity index (χ2v) is 6.73. The summed E-state index contributed by atoms with van der Waals surface area (Å²) < 4.78 is 1.67. The van der Waals surface area contributed by atoms with E-state index in [-0.39, 0.29) is 11.8 Å². The number of rotatable bonds is 4. The molecule has 7 nitrogen and oxygen atoms in total. The lowest BCUT2D eigenvalue weighted by atomic mass is 10.1. The van der Waals surface area contributed by atoms with E-state index in [2.05, 4.69) is 20.7 Å². The molecule has 3 heterocycles. The minimum Gasteiger partial charge on any atom is -0.354 e. The molecule has 1 aliphatic rings. The summed E-state index contributed by atoms with van der Waals surface area (Å²) in [6.45, 7) is 0.651. The van der Waals surface area contributed by atoms with E-state index in [9.17, 15) is 9.59 Å². The highest BCUT2D eigenvalue weighted by Gasteiger charge is 2.26. The van der Waals surface area contributed by atoms with Gasteiger partial charge in [0.1, 0.15) is 11.7 Å². The first-order valence-electron chi connectivity index (χ1n) is 9.36. The Labute approximate surface area is 162 Å². The molecule has 0 radical (unpaired) electrons. The monoisotopic (exact) mass is 375 g/mol. The molecule has 1 saturated heterocycles. The van der Waals surface area contributed by atoms with E-state index < -0.39 is 6.04 Å². The number of carbonyl (C=O) groups excluding carboxylic acids is 2. The standard InChI is InChI=1S/C21H21N5O2/c27-20(24-18-10-4-5-12-23-21(18)28)17-14-26(16-8-2-1-3-9-16)25-19(17)15-7-6-11-22-13-15/h1-3,6-9,11,13-14,18H,4-5,10,12H2,(H,23,28)(H,24,27)/t18-/m0/s1. The topological polar surface area (TPSA) is 88.9 Å². The lowest BCUT2D eigenvalue weighted by molar-refractivity contribution is -0.122. The zero-order valence-corrected chi connectivity index (χ0v) is 15.3. The van der Waals surface area contributed by atoms with Crippen LogP contribution >= 0.6 is 0 Å². The van der Waals surface area contributed by atoms with Gasteiger partial charge in [-0.1, -0.05) is 18.2 Å². The summed E-state index contributed by atoms with van der Waals surface area (Å²) >= 11 is 0. The Balaban J connectivity index is 1.69. The normalized spacial score (nSPS) is 16.9. The third-order valence-electron chi connectivity index (χ3n) is 4.76. The maximum Gasteiger partial charge on any atom is 0.255 e. The summed E-state index contributed by atoms with van der Waals surface area (Å²) in [5.74, 6) is -0.452. The summed E-state index contributed by atoms with van der Waals surface area (Å²) in [4.78, 5) is 29.4. The average Bonchev–Trinajstić information content (AvgIpc) is 3.10. The molecule has 1 atom stereocenters. The van der Waals surface area contributed by atoms with Crippen LogP contribution < -0.4 is 10.6 Å². The molecule has 2 aromatic heterocycles. The van der Waals surface area contributed by atoms with Crippen LogP contribution in [0.4, 0.5) is 0 Å². The van der Waals surface area contributed by atoms with Gasteiger partial charge in [-0.3, -0.25) is 14.6 Å². The average molecular weight is 375 g/mol. The number of hydrogen-bond acceptors (Lipinski definition) is 4. The Morgan fingerprint density at radius 3 is 2.79 bits per heavy atom. The highest BCUT2D eigenvalue weighted by atomic mass is 16.2. The molecule has 2 amide bonds. The van der Waals surface area contributed by atoms with E-state index >= 15 is 0 Å². The second-order valence-electron chi connectivity index (χ2n) is 6.73. The molecule has 1 aliphatic heterocycles. The Kier molecular flexibility index (Phi) is 5.14. The zero-order chi connectivity index (χ0) is 19.3. The molecular weight excluding hydrogens is 354 g/mol. The van der Waals surface area contributed by atoms with Crippen molar-refractivity contribution in [3.63, 3.8) is 0 Å². The molecule has 142 valence electrons. The van der Waals surface area contributed by atoms with Crippen molar-refractivity contribution in [2.45, 2.75) is 25.3 Å². The van der Waals surface area contributed by atoms with Crippen molar-refractivity contribution in [1.82, 2.24) is 25.4 Å². The zero-order valence-electron chi connectivity index (χ0n) is 15.3. The molecular formula is C21H21N5O2. The van der Waals surface area contributed by atoms with Crippen LogP contribution in [-0.4, -0.2) is 39.2 Å². The van der Waals surface area contributed by atoms with Crippen molar-refractivity contribution in [1.29, 1.82) is 0 Å². The molecule has 0 unspecified atom stereocenters. The number of amides is 2. The van der Waals surface area contributed by atoms with E-state index in [1.165, 1.54) is 0 Å². The predicted octanol–water partition coefficient (Wildman–Crippen LogP) is 2.33. The quantitative estimate of drug-likeness (QED) is 0.732. The lowest BCUT2D eigenvalue weighted by Crippen LogP contribution is -2.45. The summed E-state index contributed by atoms with van der Waals surface area (Å²) in [6.07, 6.45) is 7.49. The van der Waals surface area contributed by atoms with Crippen LogP contribution in [0.1, 0.15) is 29.6 Å². The number of carbonyl (C=O) groups is 2. The molecule has 0 saturated carbocycles. The van der Waals surface area contributed by atoms with E-state index in [0.717, 1.165) is 24.1 Å². The van der Waals surface area contributed by atoms with Crippen LogP contribution in [0.2, 0.25) is 0 Å². The van der Waals surface area contributed by atoms with Gasteiger partial charge in [-0.05, 0) is 43.5 Å². The number of hydrogen-bond donors (Lipinski definition) is 2. The maximum atomic E-state index is 13.0. The Morgan fingerprint density at radius 2 is 2.00 bits per heavy atom. The van der Waals surface area contributed by atoms with Gasteiger partial charge in [0.2, 0.25) is 5.91 Å². The minimum atomic E-state index is -0.531. The number of pyridine rings is 1. The molecule has 1 aromatic carbocycles. The second kappa shape index (κ2) is 8.04. The van der Waals surface area contributed by atoms with Crippen LogP contribution in [0.25, 0.3) is 16.9 Å². The van der Waals surface area contributed by atoms with E-state index in [4.69, 9.17) is 0 Å². The van der Waals surface area contributed by atoms with E-state index in [0.29, 0.717) is 24.2 Å². The van der Waals surface area contributed by atoms with Crippen molar-refractivity contribution >= 4 is 11.8 Å². The first-order valence-corrected chi connectivity index (χ1v) is 9.36. The predicted molar refractivity (Wildman–Crippen MR) is 105 cm³/mol. The minimum absolute atomic E-state index is 0.135. The van der Waals surface area contributed by atoms with Gasteiger partial charge >= 0.3 is 0 Å². The molecule has 1 fully saturated rings. The fourth-order valence-electron chi connectivity index (χ4n) is 3.28. The fraction of sp³-hybridized carbons (Fsp3) is 0.238. The van der Waals surface area contributed by atoms with Crippen LogP contribution in [-0.2, 0) is 4.79 Å². The van der Waals surface area contributed by atoms with Gasteiger partial charge < -0.3 is 10.6 Å². The van der Waals surface area contributed by atoms with Crippen LogP contribution in [0.5, 0.6) is 0 Å². The molecule has 28 heavy (non-hydrogen) atoms. The molecule has 0 aliphatic carbocycles. The van der Waals surface area contributed by atoms with Gasteiger partial charge in [0, 0.05) is 30.7 Å². The Hall–Kier alpha value is -3.48. The van der Waals surface area contributed by atoms with E-state index in [1.54, 1.807) is 29.3 Å². The van der Waals surface area contributed by atoms with Crippen molar-refractivity contribution in [2.75, 3.05) is 6.54 Å². The number of nitrogens with one attached hydrogen (secondary N) is 2. The lowest BCUT2D eigenvalue weighted by Gasteiger charge is -2.15. The van der Waals surface area contributed by atoms with Gasteiger partial charge in [0.05, 0.1) is 11.3 Å². The summed E-state index contributed by atoms with van der Waals surface area (Å²) in [5.41, 5.74) is 2.53. The van der Waals surface area contributed by atoms with Crippen molar-refractivity contribution in [2.24, 2.45) is 0 Å². The highest BCUT2D eigenvalue weighted by Crippen LogP contribution is 2.23. The van der Waals surface area contributed by atoms with Gasteiger partial charge in [-0.2, -0.15) is 5.10 Å². The molecule has 3 aromatic rings. The van der Waals surface area contributed by atoms with Gasteiger partial charge in [0.15, 0.2) is 0 Å². The largest absolute Gasteiger partial charge is 0.354 e. The summed E-state index contributed by atoms with van der Waals surface area (Å²) in [6, 6.07) is 12.7.